The fourth-order valence-electron chi connectivity index (χ4n) is 1.71. The van der Waals surface area contributed by atoms with E-state index in [1.165, 1.54) is 6.20 Å². The molecule has 21 heavy (non-hydrogen) atoms. The van der Waals surface area contributed by atoms with Gasteiger partial charge in [-0.3, -0.25) is 4.79 Å². The smallest absolute Gasteiger partial charge is 0.267 e. The number of benzene rings is 1. The van der Waals surface area contributed by atoms with Crippen LogP contribution in [0.15, 0.2) is 36.0 Å². The van der Waals surface area contributed by atoms with Gasteiger partial charge in [0.05, 0.1) is 11.3 Å². The van der Waals surface area contributed by atoms with E-state index in [1.807, 2.05) is 24.1 Å². The first-order valence-corrected chi connectivity index (χ1v) is 6.75. The van der Waals surface area contributed by atoms with Crippen molar-refractivity contribution in [2.75, 3.05) is 18.9 Å². The lowest BCUT2D eigenvalue weighted by Gasteiger charge is -2.14. The van der Waals surface area contributed by atoms with E-state index in [-0.39, 0.29) is 5.57 Å². The summed E-state index contributed by atoms with van der Waals surface area (Å²) in [4.78, 5) is 13.9. The number of carbonyl (C=O) groups excluding carboxylic acids is 1. The number of nitrogens with zero attached hydrogens (tertiary/aromatic N) is 3. The molecule has 1 aromatic carbocycles. The Bertz CT molecular complexity index is 607. The molecular formula is C16H18N4O. The van der Waals surface area contributed by atoms with Gasteiger partial charge < -0.3 is 10.2 Å². The molecule has 0 atom stereocenters. The molecular weight excluding hydrogens is 264 g/mol. The standard InChI is InChI=1S/C16H18N4O/c1-3-4-9-20(2)12-14(11-18)16(21)19-15-8-6-5-7-13(15)10-17/h5-8,12H,3-4,9H2,1-2H3,(H,19,21)/b14-12-. The van der Waals surface area contributed by atoms with Crippen molar-refractivity contribution in [3.8, 4) is 12.1 Å². The summed E-state index contributed by atoms with van der Waals surface area (Å²) in [5.74, 6) is -0.511. The highest BCUT2D eigenvalue weighted by Gasteiger charge is 2.12. The second-order valence-electron chi connectivity index (χ2n) is 4.60. The van der Waals surface area contributed by atoms with Crippen molar-refractivity contribution in [3.05, 3.63) is 41.6 Å². The molecule has 0 aromatic heterocycles. The van der Waals surface area contributed by atoms with E-state index >= 15 is 0 Å². The van der Waals surface area contributed by atoms with E-state index in [4.69, 9.17) is 10.5 Å². The maximum absolute atomic E-state index is 12.1. The zero-order valence-electron chi connectivity index (χ0n) is 12.3. The van der Waals surface area contributed by atoms with Gasteiger partial charge in [-0.25, -0.2) is 0 Å². The van der Waals surface area contributed by atoms with Gasteiger partial charge in [0.1, 0.15) is 17.7 Å². The molecule has 1 rings (SSSR count). The second-order valence-corrected chi connectivity index (χ2v) is 4.60. The Morgan fingerprint density at radius 1 is 1.38 bits per heavy atom. The molecule has 0 aliphatic carbocycles. The lowest BCUT2D eigenvalue weighted by Crippen LogP contribution is -2.19. The number of hydrogen-bond donors (Lipinski definition) is 1. The first-order chi connectivity index (χ1) is 10.1. The van der Waals surface area contributed by atoms with E-state index in [9.17, 15) is 4.79 Å². The van der Waals surface area contributed by atoms with Crippen molar-refractivity contribution in [2.45, 2.75) is 19.8 Å². The van der Waals surface area contributed by atoms with Crippen molar-refractivity contribution in [3.63, 3.8) is 0 Å². The first kappa shape index (κ1) is 16.3. The monoisotopic (exact) mass is 282 g/mol. The molecule has 0 spiro atoms. The van der Waals surface area contributed by atoms with Crippen LogP contribution in [0.25, 0.3) is 0 Å². The highest BCUT2D eigenvalue weighted by Crippen LogP contribution is 2.14. The molecule has 0 heterocycles. The summed E-state index contributed by atoms with van der Waals surface area (Å²) in [5, 5.41) is 20.7. The Morgan fingerprint density at radius 2 is 2.10 bits per heavy atom. The molecule has 0 unspecified atom stereocenters. The van der Waals surface area contributed by atoms with Gasteiger partial charge in [0.25, 0.3) is 5.91 Å². The molecule has 0 radical (unpaired) electrons. The SMILES string of the molecule is CCCCN(C)/C=C(/C#N)C(=O)Nc1ccccc1C#N. The molecule has 0 saturated heterocycles. The third kappa shape index (κ3) is 5.00. The Hall–Kier alpha value is -2.79. The molecule has 1 aromatic rings. The summed E-state index contributed by atoms with van der Waals surface area (Å²) in [5.41, 5.74) is 0.784. The highest BCUT2D eigenvalue weighted by atomic mass is 16.1. The van der Waals surface area contributed by atoms with Crippen molar-refractivity contribution < 1.29 is 4.79 Å². The summed E-state index contributed by atoms with van der Waals surface area (Å²) in [7, 11) is 1.82. The largest absolute Gasteiger partial charge is 0.379 e. The Kier molecular flexibility index (Phi) is 6.50. The zero-order chi connectivity index (χ0) is 15.7. The summed E-state index contributed by atoms with van der Waals surface area (Å²) in [6.45, 7) is 2.86. The van der Waals surface area contributed by atoms with Crippen molar-refractivity contribution in [1.29, 1.82) is 10.5 Å². The fourth-order valence-corrected chi connectivity index (χ4v) is 1.71. The van der Waals surface area contributed by atoms with Crippen LogP contribution >= 0.6 is 0 Å². The van der Waals surface area contributed by atoms with Crippen molar-refractivity contribution >= 4 is 11.6 Å². The van der Waals surface area contributed by atoms with Gasteiger partial charge >= 0.3 is 0 Å². The number of amides is 1. The first-order valence-electron chi connectivity index (χ1n) is 6.75. The van der Waals surface area contributed by atoms with E-state index in [0.717, 1.165) is 19.4 Å². The molecule has 0 fully saturated rings. The zero-order valence-corrected chi connectivity index (χ0v) is 12.3. The van der Waals surface area contributed by atoms with Gasteiger partial charge in [0, 0.05) is 19.8 Å². The number of nitrogens with one attached hydrogen (secondary N) is 1. The van der Waals surface area contributed by atoms with Gasteiger partial charge in [0.15, 0.2) is 0 Å². The number of nitriles is 2. The Morgan fingerprint density at radius 3 is 2.71 bits per heavy atom. The molecule has 1 amide bonds. The van der Waals surface area contributed by atoms with E-state index in [1.54, 1.807) is 24.3 Å². The van der Waals surface area contributed by atoms with Crippen LogP contribution in [0.1, 0.15) is 25.3 Å². The maximum Gasteiger partial charge on any atom is 0.267 e. The molecule has 5 nitrogen and oxygen atoms in total. The van der Waals surface area contributed by atoms with Crippen molar-refractivity contribution in [1.82, 2.24) is 4.90 Å². The number of carbonyl (C=O) groups is 1. The van der Waals surface area contributed by atoms with Crippen molar-refractivity contribution in [2.24, 2.45) is 0 Å². The van der Waals surface area contributed by atoms with Gasteiger partial charge in [0.2, 0.25) is 0 Å². The van der Waals surface area contributed by atoms with E-state index in [2.05, 4.69) is 12.2 Å². The molecule has 5 heteroatoms. The van der Waals surface area contributed by atoms with Crippen LogP contribution in [0, 0.1) is 22.7 Å². The fraction of sp³-hybridized carbons (Fsp3) is 0.312. The van der Waals surface area contributed by atoms with Gasteiger partial charge in [-0.2, -0.15) is 10.5 Å². The predicted molar refractivity (Wildman–Crippen MR) is 81.0 cm³/mol. The van der Waals surface area contributed by atoms with Crippen LogP contribution < -0.4 is 5.32 Å². The van der Waals surface area contributed by atoms with Crippen LogP contribution in [0.5, 0.6) is 0 Å². The van der Waals surface area contributed by atoms with Crippen LogP contribution in [0.3, 0.4) is 0 Å². The minimum atomic E-state index is -0.511. The van der Waals surface area contributed by atoms with Crippen LogP contribution in [-0.4, -0.2) is 24.4 Å². The average Bonchev–Trinajstić information content (AvgIpc) is 2.50. The quantitative estimate of drug-likeness (QED) is 0.642. The summed E-state index contributed by atoms with van der Waals surface area (Å²) >= 11 is 0. The normalized spacial score (nSPS) is 10.4. The second kappa shape index (κ2) is 8.39. The van der Waals surface area contributed by atoms with Gasteiger partial charge in [-0.1, -0.05) is 25.5 Å². The molecule has 1 N–H and O–H groups in total. The highest BCUT2D eigenvalue weighted by molar-refractivity contribution is 6.07. The molecule has 0 aliphatic rings. The summed E-state index contributed by atoms with van der Waals surface area (Å²) in [6, 6.07) is 10.6. The topological polar surface area (TPSA) is 79.9 Å². The number of rotatable bonds is 6. The van der Waals surface area contributed by atoms with Crippen LogP contribution in [-0.2, 0) is 4.79 Å². The Balaban J connectivity index is 2.83. The Labute approximate surface area is 125 Å². The number of para-hydroxylation sites is 1. The summed E-state index contributed by atoms with van der Waals surface area (Å²) < 4.78 is 0. The minimum absolute atomic E-state index is 0.0151. The molecule has 0 bridgehead atoms. The summed E-state index contributed by atoms with van der Waals surface area (Å²) in [6.07, 6.45) is 3.56. The minimum Gasteiger partial charge on any atom is -0.379 e. The molecule has 108 valence electrons. The average molecular weight is 282 g/mol. The number of unbranched alkanes of at least 4 members (excludes halogenated alkanes) is 1. The lowest BCUT2D eigenvalue weighted by molar-refractivity contribution is -0.112. The number of anilines is 1. The van der Waals surface area contributed by atoms with E-state index < -0.39 is 5.91 Å². The maximum atomic E-state index is 12.1. The molecule has 0 saturated carbocycles. The third-order valence-corrected chi connectivity index (χ3v) is 2.87. The van der Waals surface area contributed by atoms with Gasteiger partial charge in [-0.05, 0) is 18.6 Å². The third-order valence-electron chi connectivity index (χ3n) is 2.87. The number of hydrogen-bond acceptors (Lipinski definition) is 4. The molecule has 0 aliphatic heterocycles. The van der Waals surface area contributed by atoms with Gasteiger partial charge in [-0.15, -0.1) is 0 Å². The lowest BCUT2D eigenvalue weighted by atomic mass is 10.2. The van der Waals surface area contributed by atoms with Crippen LogP contribution in [0.2, 0.25) is 0 Å². The predicted octanol–water partition coefficient (Wildman–Crippen LogP) is 2.64. The van der Waals surface area contributed by atoms with E-state index in [0.29, 0.717) is 11.3 Å². The van der Waals surface area contributed by atoms with Crippen LogP contribution in [0.4, 0.5) is 5.69 Å².